The largest absolute Gasteiger partial charge is 0.463 e. The van der Waals surface area contributed by atoms with E-state index in [9.17, 15) is 24.0 Å². The predicted molar refractivity (Wildman–Crippen MR) is 152 cm³/mol. The maximum absolute atomic E-state index is 14.4. The molecule has 5 aliphatic rings. The van der Waals surface area contributed by atoms with Crippen LogP contribution in [0.2, 0.25) is 0 Å². The third kappa shape index (κ3) is 3.36. The van der Waals surface area contributed by atoms with Gasteiger partial charge in [-0.3, -0.25) is 19.2 Å². The van der Waals surface area contributed by atoms with Crippen LogP contribution in [0.25, 0.3) is 0 Å². The summed E-state index contributed by atoms with van der Waals surface area (Å²) in [5, 5.41) is 0. The number of anilines is 2. The first-order valence-electron chi connectivity index (χ1n) is 14.1. The number of hydrogen-bond donors (Lipinski definition) is 0. The molecule has 6 atom stereocenters. The molecule has 2 bridgehead atoms. The molecular formula is C33H34N2O6. The van der Waals surface area contributed by atoms with Crippen LogP contribution in [0.15, 0.2) is 47.5 Å². The van der Waals surface area contributed by atoms with E-state index < -0.39 is 64.6 Å². The Balaban J connectivity index is 1.55. The number of aryl methyl sites for hydroxylation is 4. The van der Waals surface area contributed by atoms with E-state index in [0.29, 0.717) is 16.9 Å². The summed E-state index contributed by atoms with van der Waals surface area (Å²) in [7, 11) is 0. The molecule has 0 N–H and O–H groups in total. The van der Waals surface area contributed by atoms with Gasteiger partial charge >= 0.3 is 5.97 Å². The quantitative estimate of drug-likeness (QED) is 0.411. The highest BCUT2D eigenvalue weighted by atomic mass is 16.5. The first-order valence-corrected chi connectivity index (χ1v) is 14.1. The second-order valence-electron chi connectivity index (χ2n) is 12.2. The van der Waals surface area contributed by atoms with Gasteiger partial charge in [-0.25, -0.2) is 14.6 Å². The highest BCUT2D eigenvalue weighted by Gasteiger charge is 2.77. The number of benzene rings is 2. The number of hydrogen-bond acceptors (Lipinski definition) is 6. The van der Waals surface area contributed by atoms with Crippen molar-refractivity contribution in [1.82, 2.24) is 0 Å². The van der Waals surface area contributed by atoms with Gasteiger partial charge in [0, 0.05) is 16.9 Å². The maximum atomic E-state index is 14.4. The monoisotopic (exact) mass is 554 g/mol. The molecule has 4 amide bonds. The van der Waals surface area contributed by atoms with Gasteiger partial charge < -0.3 is 4.74 Å². The van der Waals surface area contributed by atoms with E-state index in [1.165, 1.54) is 9.80 Å². The predicted octanol–water partition coefficient (Wildman–Crippen LogP) is 4.36. The summed E-state index contributed by atoms with van der Waals surface area (Å²) < 4.78 is 5.46. The molecule has 0 spiro atoms. The standard InChI is InChI=1S/C33H34N2O6/c1-8-41-32(40)25-19(6)22-23-26(30(38)34(28(23)36)20-11-9-15(2)13-17(20)4)33(25,7)27-24(22)29(37)35(31(27)39)21-12-10-16(3)14-18(21)5/h9-14,22-24,26-27H,8H2,1-7H3/t22?,23-,24-,26+,27?,33?/m0/s1. The number of carbonyl (C=O) groups excluding carboxylic acids is 5. The fraction of sp³-hybridized carbons (Fsp3) is 0.424. The number of rotatable bonds is 4. The Morgan fingerprint density at radius 1 is 0.732 bits per heavy atom. The lowest BCUT2D eigenvalue weighted by atomic mass is 9.43. The van der Waals surface area contributed by atoms with Gasteiger partial charge in [0.15, 0.2) is 0 Å². The van der Waals surface area contributed by atoms with E-state index >= 15 is 0 Å². The fourth-order valence-corrected chi connectivity index (χ4v) is 8.40. The Hall–Kier alpha value is -4.07. The Kier molecular flexibility index (Phi) is 5.93. The molecule has 2 aromatic rings. The number of allylic oxidation sites excluding steroid dienone is 1. The van der Waals surface area contributed by atoms with Gasteiger partial charge in [0.05, 0.1) is 41.7 Å². The Bertz CT molecular complexity index is 1520. The molecule has 1 saturated carbocycles. The third-order valence-corrected chi connectivity index (χ3v) is 9.87. The summed E-state index contributed by atoms with van der Waals surface area (Å²) in [6, 6.07) is 11.0. The Morgan fingerprint density at radius 3 is 1.56 bits per heavy atom. The maximum Gasteiger partial charge on any atom is 0.334 e. The average molecular weight is 555 g/mol. The molecule has 3 aliphatic carbocycles. The van der Waals surface area contributed by atoms with Crippen LogP contribution in [0.5, 0.6) is 0 Å². The molecule has 2 aromatic carbocycles. The zero-order valence-corrected chi connectivity index (χ0v) is 24.4. The fourth-order valence-electron chi connectivity index (χ4n) is 8.40. The van der Waals surface area contributed by atoms with Crippen LogP contribution in [0, 0.1) is 62.7 Å². The SMILES string of the molecule is CCOC(=O)C1=C(C)C2[C@@H]3C(=O)N(c4ccc(C)cc4C)C(=O)C3C1(C)[C@H]1C(=O)N(c3ccc(C)cc3C)C(=O)[C@@H]21. The lowest BCUT2D eigenvalue weighted by Crippen LogP contribution is -2.61. The second kappa shape index (κ2) is 8.96. The highest BCUT2D eigenvalue weighted by molar-refractivity contribution is 6.28. The first-order chi connectivity index (χ1) is 19.4. The lowest BCUT2D eigenvalue weighted by Gasteiger charge is -2.55. The Labute approximate surface area is 239 Å². The van der Waals surface area contributed by atoms with Gasteiger partial charge in [-0.1, -0.05) is 47.9 Å². The first kappa shape index (κ1) is 27.1. The van der Waals surface area contributed by atoms with E-state index in [2.05, 4.69) is 0 Å². The van der Waals surface area contributed by atoms with Gasteiger partial charge in [0.1, 0.15) is 0 Å². The highest BCUT2D eigenvalue weighted by Crippen LogP contribution is 2.69. The zero-order chi connectivity index (χ0) is 29.7. The van der Waals surface area contributed by atoms with Crippen molar-refractivity contribution in [1.29, 1.82) is 0 Å². The van der Waals surface area contributed by atoms with Crippen LogP contribution in [-0.4, -0.2) is 36.2 Å². The third-order valence-electron chi connectivity index (χ3n) is 9.87. The minimum Gasteiger partial charge on any atom is -0.463 e. The lowest BCUT2D eigenvalue weighted by molar-refractivity contribution is -0.155. The second-order valence-corrected chi connectivity index (χ2v) is 12.2. The summed E-state index contributed by atoms with van der Waals surface area (Å²) >= 11 is 0. The molecule has 7 rings (SSSR count). The van der Waals surface area contributed by atoms with Crippen molar-refractivity contribution in [2.45, 2.75) is 48.5 Å². The summed E-state index contributed by atoms with van der Waals surface area (Å²) in [6.07, 6.45) is 0. The Morgan fingerprint density at radius 2 is 1.17 bits per heavy atom. The summed E-state index contributed by atoms with van der Waals surface area (Å²) in [5.74, 6) is -6.79. The summed E-state index contributed by atoms with van der Waals surface area (Å²) in [5.41, 5.74) is 3.89. The molecule has 0 aromatic heterocycles. The number of amides is 4. The minimum atomic E-state index is -1.42. The van der Waals surface area contributed by atoms with Gasteiger partial charge in [0.2, 0.25) is 23.6 Å². The van der Waals surface area contributed by atoms with E-state index in [1.54, 1.807) is 32.9 Å². The van der Waals surface area contributed by atoms with E-state index in [-0.39, 0.29) is 12.2 Å². The number of imide groups is 2. The summed E-state index contributed by atoms with van der Waals surface area (Å²) in [6.45, 7) is 12.8. The molecular weight excluding hydrogens is 520 g/mol. The number of nitrogens with zero attached hydrogens (tertiary/aromatic N) is 2. The molecule has 41 heavy (non-hydrogen) atoms. The van der Waals surface area contributed by atoms with Crippen molar-refractivity contribution in [3.63, 3.8) is 0 Å². The van der Waals surface area contributed by atoms with Crippen molar-refractivity contribution < 1.29 is 28.7 Å². The molecule has 3 unspecified atom stereocenters. The molecule has 2 heterocycles. The van der Waals surface area contributed by atoms with Crippen LogP contribution in [0.1, 0.15) is 43.0 Å². The van der Waals surface area contributed by atoms with Crippen LogP contribution < -0.4 is 9.80 Å². The van der Waals surface area contributed by atoms with Crippen molar-refractivity contribution in [3.8, 4) is 0 Å². The van der Waals surface area contributed by atoms with E-state index in [1.807, 2.05) is 52.0 Å². The molecule has 2 aliphatic heterocycles. The van der Waals surface area contributed by atoms with Gasteiger partial charge in [0.25, 0.3) is 0 Å². The van der Waals surface area contributed by atoms with Crippen LogP contribution in [0.4, 0.5) is 11.4 Å². The average Bonchev–Trinajstić information content (AvgIpc) is 3.31. The molecule has 2 saturated heterocycles. The van der Waals surface area contributed by atoms with Crippen LogP contribution in [0.3, 0.4) is 0 Å². The molecule has 8 heteroatoms. The van der Waals surface area contributed by atoms with Crippen molar-refractivity contribution in [2.75, 3.05) is 16.4 Å². The van der Waals surface area contributed by atoms with Gasteiger partial charge in [-0.15, -0.1) is 0 Å². The van der Waals surface area contributed by atoms with Gasteiger partial charge in [-0.2, -0.15) is 0 Å². The molecule has 8 nitrogen and oxygen atoms in total. The van der Waals surface area contributed by atoms with Crippen molar-refractivity contribution in [2.24, 2.45) is 35.0 Å². The minimum absolute atomic E-state index is 0.113. The van der Waals surface area contributed by atoms with Crippen molar-refractivity contribution >= 4 is 41.0 Å². The van der Waals surface area contributed by atoms with Crippen molar-refractivity contribution in [3.05, 3.63) is 69.8 Å². The number of ether oxygens (including phenoxy) is 1. The smallest absolute Gasteiger partial charge is 0.334 e. The van der Waals surface area contributed by atoms with Crippen LogP contribution >= 0.6 is 0 Å². The normalized spacial score (nSPS) is 30.4. The molecule has 212 valence electrons. The number of esters is 1. The molecule has 0 radical (unpaired) electrons. The summed E-state index contributed by atoms with van der Waals surface area (Å²) in [4.78, 5) is 73.2. The van der Waals surface area contributed by atoms with Crippen LogP contribution in [-0.2, 0) is 28.7 Å². The van der Waals surface area contributed by atoms with E-state index in [0.717, 1.165) is 22.3 Å². The number of carbonyl (C=O) groups is 5. The zero-order valence-electron chi connectivity index (χ0n) is 24.4. The van der Waals surface area contributed by atoms with E-state index in [4.69, 9.17) is 4.74 Å². The molecule has 3 fully saturated rings. The topological polar surface area (TPSA) is 101 Å². The van der Waals surface area contributed by atoms with Gasteiger partial charge in [-0.05, 0) is 64.8 Å².